The van der Waals surface area contributed by atoms with Gasteiger partial charge in [-0.2, -0.15) is 5.10 Å². The van der Waals surface area contributed by atoms with Gasteiger partial charge in [-0.3, -0.25) is 14.6 Å². The van der Waals surface area contributed by atoms with Gasteiger partial charge in [-0.15, -0.1) is 5.10 Å². The van der Waals surface area contributed by atoms with Gasteiger partial charge in [-0.25, -0.2) is 0 Å². The standard InChI is InChI=1S/C26H28N6O2/c33-25(21-17-32(18-21)24-5-3-13-28-30-24)29-22-8-6-19(7-9-22)16-20-10-14-31(15-11-20)26(34)23-4-1-2-12-27-23/h1-9,12-13,20-21H,10-11,14-18H2,(H,29,33). The molecule has 3 aromatic rings. The number of aromatic nitrogens is 3. The fourth-order valence-corrected chi connectivity index (χ4v) is 4.59. The third kappa shape index (κ3) is 5.06. The highest BCUT2D eigenvalue weighted by Gasteiger charge is 2.33. The smallest absolute Gasteiger partial charge is 0.272 e. The van der Waals surface area contributed by atoms with E-state index in [9.17, 15) is 9.59 Å². The predicted octanol–water partition coefficient (Wildman–Crippen LogP) is 3.04. The number of likely N-dealkylation sites (tertiary alicyclic amines) is 1. The Balaban J connectivity index is 1.06. The Kier molecular flexibility index (Phi) is 6.46. The lowest BCUT2D eigenvalue weighted by molar-refractivity contribution is -0.120. The maximum atomic E-state index is 12.6. The Hall–Kier alpha value is -3.81. The number of rotatable bonds is 6. The molecule has 5 rings (SSSR count). The molecule has 2 amide bonds. The SMILES string of the molecule is O=C(Nc1ccc(CC2CCN(C(=O)c3ccccn3)CC2)cc1)C1CN(c2cccnn2)C1. The van der Waals surface area contributed by atoms with E-state index in [0.29, 0.717) is 24.7 Å². The fraction of sp³-hybridized carbons (Fsp3) is 0.346. The third-order valence-electron chi connectivity index (χ3n) is 6.67. The number of pyridine rings is 1. The summed E-state index contributed by atoms with van der Waals surface area (Å²) in [7, 11) is 0. The summed E-state index contributed by atoms with van der Waals surface area (Å²) in [6.07, 6.45) is 6.26. The highest BCUT2D eigenvalue weighted by molar-refractivity contribution is 5.94. The van der Waals surface area contributed by atoms with Crippen LogP contribution in [-0.2, 0) is 11.2 Å². The van der Waals surface area contributed by atoms with Crippen molar-refractivity contribution in [1.29, 1.82) is 0 Å². The minimum Gasteiger partial charge on any atom is -0.353 e. The Morgan fingerprint density at radius 1 is 0.941 bits per heavy atom. The van der Waals surface area contributed by atoms with E-state index in [2.05, 4.69) is 37.5 Å². The lowest BCUT2D eigenvalue weighted by atomic mass is 9.90. The minimum atomic E-state index is -0.0411. The predicted molar refractivity (Wildman–Crippen MR) is 129 cm³/mol. The van der Waals surface area contributed by atoms with Crippen LogP contribution in [-0.4, -0.2) is 58.1 Å². The van der Waals surface area contributed by atoms with Gasteiger partial charge >= 0.3 is 0 Å². The number of nitrogens with one attached hydrogen (secondary N) is 1. The largest absolute Gasteiger partial charge is 0.353 e. The Morgan fingerprint density at radius 3 is 2.41 bits per heavy atom. The lowest BCUT2D eigenvalue weighted by Crippen LogP contribution is -2.52. The maximum Gasteiger partial charge on any atom is 0.272 e. The van der Waals surface area contributed by atoms with Gasteiger partial charge in [0.2, 0.25) is 5.91 Å². The highest BCUT2D eigenvalue weighted by atomic mass is 16.2. The molecule has 8 heteroatoms. The minimum absolute atomic E-state index is 0.0189. The molecule has 0 saturated carbocycles. The van der Waals surface area contributed by atoms with Gasteiger partial charge in [0.05, 0.1) is 5.92 Å². The second-order valence-corrected chi connectivity index (χ2v) is 9.02. The van der Waals surface area contributed by atoms with E-state index in [0.717, 1.165) is 43.9 Å². The van der Waals surface area contributed by atoms with Crippen molar-refractivity contribution in [1.82, 2.24) is 20.1 Å². The molecule has 0 bridgehead atoms. The molecule has 1 aromatic carbocycles. The third-order valence-corrected chi connectivity index (χ3v) is 6.67. The van der Waals surface area contributed by atoms with E-state index in [-0.39, 0.29) is 17.7 Å². The summed E-state index contributed by atoms with van der Waals surface area (Å²) in [5.41, 5.74) is 2.59. The number of benzene rings is 1. The van der Waals surface area contributed by atoms with Crippen molar-refractivity contribution in [3.05, 3.63) is 78.2 Å². The number of hydrogen-bond acceptors (Lipinski definition) is 6. The second-order valence-electron chi connectivity index (χ2n) is 9.02. The van der Waals surface area contributed by atoms with E-state index >= 15 is 0 Å². The van der Waals surface area contributed by atoms with Gasteiger partial charge in [0.25, 0.3) is 5.91 Å². The van der Waals surface area contributed by atoms with Crippen LogP contribution in [0.2, 0.25) is 0 Å². The van der Waals surface area contributed by atoms with Crippen molar-refractivity contribution in [2.24, 2.45) is 11.8 Å². The first kappa shape index (κ1) is 22.0. The van der Waals surface area contributed by atoms with Crippen LogP contribution in [0.15, 0.2) is 67.0 Å². The Bertz CT molecular complexity index is 1110. The van der Waals surface area contributed by atoms with Crippen molar-refractivity contribution in [2.75, 3.05) is 36.4 Å². The van der Waals surface area contributed by atoms with E-state index in [1.54, 1.807) is 18.5 Å². The van der Waals surface area contributed by atoms with Crippen LogP contribution >= 0.6 is 0 Å². The molecule has 8 nitrogen and oxygen atoms in total. The van der Waals surface area contributed by atoms with Crippen molar-refractivity contribution >= 4 is 23.3 Å². The molecular weight excluding hydrogens is 428 g/mol. The molecule has 2 aromatic heterocycles. The monoisotopic (exact) mass is 456 g/mol. The van der Waals surface area contributed by atoms with E-state index in [1.807, 2.05) is 41.3 Å². The van der Waals surface area contributed by atoms with Gasteiger partial charge in [0, 0.05) is 44.3 Å². The molecule has 0 radical (unpaired) electrons. The maximum absolute atomic E-state index is 12.6. The summed E-state index contributed by atoms with van der Waals surface area (Å²) in [5.74, 6) is 1.38. The zero-order valence-corrected chi connectivity index (χ0v) is 19.0. The molecule has 174 valence electrons. The molecule has 0 atom stereocenters. The first-order valence-corrected chi connectivity index (χ1v) is 11.8. The number of carbonyl (C=O) groups excluding carboxylic acids is 2. The Morgan fingerprint density at radius 2 is 1.74 bits per heavy atom. The number of hydrogen-bond donors (Lipinski definition) is 1. The quantitative estimate of drug-likeness (QED) is 0.613. The van der Waals surface area contributed by atoms with Crippen LogP contribution in [0.25, 0.3) is 0 Å². The van der Waals surface area contributed by atoms with Crippen LogP contribution in [0.1, 0.15) is 28.9 Å². The van der Waals surface area contributed by atoms with Gasteiger partial charge in [-0.1, -0.05) is 18.2 Å². The summed E-state index contributed by atoms with van der Waals surface area (Å²) >= 11 is 0. The first-order valence-electron chi connectivity index (χ1n) is 11.8. The van der Waals surface area contributed by atoms with E-state index in [1.165, 1.54) is 5.56 Å². The molecule has 4 heterocycles. The molecule has 0 aliphatic carbocycles. The lowest BCUT2D eigenvalue weighted by Gasteiger charge is -2.38. The topological polar surface area (TPSA) is 91.3 Å². The number of carbonyl (C=O) groups is 2. The summed E-state index contributed by atoms with van der Waals surface area (Å²) in [6.45, 7) is 2.84. The average molecular weight is 457 g/mol. The van der Waals surface area contributed by atoms with Gasteiger partial charge < -0.3 is 15.1 Å². The molecule has 0 unspecified atom stereocenters. The molecule has 2 fully saturated rings. The number of amides is 2. The van der Waals surface area contributed by atoms with Crippen molar-refractivity contribution in [2.45, 2.75) is 19.3 Å². The summed E-state index contributed by atoms with van der Waals surface area (Å²) in [4.78, 5) is 33.3. The van der Waals surface area contributed by atoms with Crippen LogP contribution in [0.3, 0.4) is 0 Å². The van der Waals surface area contributed by atoms with Gasteiger partial charge in [0.1, 0.15) is 5.69 Å². The van der Waals surface area contributed by atoms with Crippen LogP contribution in [0.5, 0.6) is 0 Å². The molecule has 1 N–H and O–H groups in total. The van der Waals surface area contributed by atoms with Crippen molar-refractivity contribution < 1.29 is 9.59 Å². The molecular formula is C26H28N6O2. The van der Waals surface area contributed by atoms with Crippen molar-refractivity contribution in [3.63, 3.8) is 0 Å². The molecule has 34 heavy (non-hydrogen) atoms. The molecule has 0 spiro atoms. The van der Waals surface area contributed by atoms with E-state index < -0.39 is 0 Å². The number of nitrogens with zero attached hydrogens (tertiary/aromatic N) is 5. The van der Waals surface area contributed by atoms with Crippen LogP contribution in [0, 0.1) is 11.8 Å². The normalized spacial score (nSPS) is 16.7. The Labute approximate surface area is 199 Å². The zero-order chi connectivity index (χ0) is 23.3. The average Bonchev–Trinajstić information content (AvgIpc) is 2.86. The zero-order valence-electron chi connectivity index (χ0n) is 19.0. The van der Waals surface area contributed by atoms with Crippen LogP contribution in [0.4, 0.5) is 11.5 Å². The second kappa shape index (κ2) is 9.99. The number of anilines is 2. The molecule has 2 saturated heterocycles. The summed E-state index contributed by atoms with van der Waals surface area (Å²) in [5, 5.41) is 11.0. The summed E-state index contributed by atoms with van der Waals surface area (Å²) < 4.78 is 0. The molecule has 2 aliphatic rings. The van der Waals surface area contributed by atoms with Crippen LogP contribution < -0.4 is 10.2 Å². The van der Waals surface area contributed by atoms with Gasteiger partial charge in [0.15, 0.2) is 5.82 Å². The van der Waals surface area contributed by atoms with Crippen molar-refractivity contribution in [3.8, 4) is 0 Å². The highest BCUT2D eigenvalue weighted by Crippen LogP contribution is 2.25. The first-order chi connectivity index (χ1) is 16.7. The fourth-order valence-electron chi connectivity index (χ4n) is 4.59. The summed E-state index contributed by atoms with van der Waals surface area (Å²) in [6, 6.07) is 17.3. The van der Waals surface area contributed by atoms with E-state index in [4.69, 9.17) is 0 Å². The molecule has 2 aliphatic heterocycles. The van der Waals surface area contributed by atoms with Gasteiger partial charge in [-0.05, 0) is 67.1 Å². The number of piperidine rings is 1.